The molecule has 0 radical (unpaired) electrons. The molecular weight excluding hydrogens is 224 g/mol. The van der Waals surface area contributed by atoms with Crippen LogP contribution in [0.5, 0.6) is 5.75 Å². The molecule has 2 aliphatic carbocycles. The fourth-order valence-electron chi connectivity index (χ4n) is 3.71. The summed E-state index contributed by atoms with van der Waals surface area (Å²) in [6.45, 7) is 0. The molecule has 2 fully saturated rings. The van der Waals surface area contributed by atoms with E-state index in [1.807, 2.05) is 24.3 Å². The third-order valence-corrected chi connectivity index (χ3v) is 4.69. The SMILES string of the molecule is COc1ccc(CC(=O)C2CC3CCC2C3)cc1. The number of methoxy groups -OCH3 is 1. The van der Waals surface area contributed by atoms with Crippen molar-refractivity contribution in [2.24, 2.45) is 17.8 Å². The quantitative estimate of drug-likeness (QED) is 0.812. The van der Waals surface area contributed by atoms with Crippen molar-refractivity contribution in [1.29, 1.82) is 0 Å². The first-order valence-electron chi connectivity index (χ1n) is 6.92. The van der Waals surface area contributed by atoms with Gasteiger partial charge >= 0.3 is 0 Å². The van der Waals surface area contributed by atoms with Crippen LogP contribution >= 0.6 is 0 Å². The minimum Gasteiger partial charge on any atom is -0.497 e. The van der Waals surface area contributed by atoms with Gasteiger partial charge in [0.05, 0.1) is 7.11 Å². The molecule has 2 aliphatic rings. The van der Waals surface area contributed by atoms with Gasteiger partial charge in [-0.25, -0.2) is 0 Å². The molecule has 0 aromatic heterocycles. The highest BCUT2D eigenvalue weighted by molar-refractivity contribution is 5.84. The first kappa shape index (κ1) is 11.8. The van der Waals surface area contributed by atoms with Crippen LogP contribution in [0.2, 0.25) is 0 Å². The Balaban J connectivity index is 1.63. The van der Waals surface area contributed by atoms with Crippen molar-refractivity contribution in [3.63, 3.8) is 0 Å². The molecule has 0 saturated heterocycles. The van der Waals surface area contributed by atoms with Gasteiger partial charge in [-0.3, -0.25) is 4.79 Å². The Bertz CT molecular complexity index is 435. The third-order valence-electron chi connectivity index (χ3n) is 4.69. The lowest BCUT2D eigenvalue weighted by Crippen LogP contribution is -2.22. The summed E-state index contributed by atoms with van der Waals surface area (Å²) in [6.07, 6.45) is 5.69. The van der Waals surface area contributed by atoms with E-state index in [9.17, 15) is 4.79 Å². The Morgan fingerprint density at radius 1 is 1.22 bits per heavy atom. The Kier molecular flexibility index (Phi) is 3.11. The molecule has 2 nitrogen and oxygen atoms in total. The van der Waals surface area contributed by atoms with Crippen LogP contribution in [-0.2, 0) is 11.2 Å². The fraction of sp³-hybridized carbons (Fsp3) is 0.562. The topological polar surface area (TPSA) is 26.3 Å². The minimum absolute atomic E-state index is 0.353. The van der Waals surface area contributed by atoms with Crippen LogP contribution in [0.15, 0.2) is 24.3 Å². The molecule has 0 amide bonds. The minimum atomic E-state index is 0.353. The van der Waals surface area contributed by atoms with Gasteiger partial charge in [0.25, 0.3) is 0 Å². The van der Waals surface area contributed by atoms with Crippen LogP contribution in [0.4, 0.5) is 0 Å². The van der Waals surface area contributed by atoms with Crippen LogP contribution in [0, 0.1) is 17.8 Å². The zero-order chi connectivity index (χ0) is 12.5. The Morgan fingerprint density at radius 3 is 2.56 bits per heavy atom. The average molecular weight is 244 g/mol. The molecule has 2 bridgehead atoms. The van der Waals surface area contributed by atoms with Crippen molar-refractivity contribution in [2.45, 2.75) is 32.1 Å². The second-order valence-corrected chi connectivity index (χ2v) is 5.77. The van der Waals surface area contributed by atoms with Crippen LogP contribution in [0.1, 0.15) is 31.2 Å². The highest BCUT2D eigenvalue weighted by Gasteiger charge is 2.42. The lowest BCUT2D eigenvalue weighted by molar-refractivity contribution is -0.123. The van der Waals surface area contributed by atoms with E-state index in [1.54, 1.807) is 7.11 Å². The second-order valence-electron chi connectivity index (χ2n) is 5.77. The molecule has 0 aliphatic heterocycles. The number of Topliss-reactive ketones (excluding diaryl/α,β-unsaturated/α-hetero) is 1. The van der Waals surface area contributed by atoms with E-state index in [1.165, 1.54) is 19.3 Å². The van der Waals surface area contributed by atoms with Gasteiger partial charge in [0.15, 0.2) is 0 Å². The number of carbonyl (C=O) groups excluding carboxylic acids is 1. The zero-order valence-electron chi connectivity index (χ0n) is 10.9. The van der Waals surface area contributed by atoms with Crippen LogP contribution in [0.3, 0.4) is 0 Å². The number of hydrogen-bond acceptors (Lipinski definition) is 2. The maximum atomic E-state index is 12.3. The van der Waals surface area contributed by atoms with E-state index in [4.69, 9.17) is 4.74 Å². The molecule has 96 valence electrons. The molecule has 0 N–H and O–H groups in total. The molecule has 0 spiro atoms. The zero-order valence-corrected chi connectivity index (χ0v) is 10.9. The van der Waals surface area contributed by atoms with E-state index in [-0.39, 0.29) is 0 Å². The van der Waals surface area contributed by atoms with E-state index < -0.39 is 0 Å². The number of rotatable bonds is 4. The first-order valence-corrected chi connectivity index (χ1v) is 6.92. The maximum Gasteiger partial charge on any atom is 0.140 e. The van der Waals surface area contributed by atoms with E-state index in [0.29, 0.717) is 24.0 Å². The number of carbonyl (C=O) groups is 1. The van der Waals surface area contributed by atoms with Crippen molar-refractivity contribution in [2.75, 3.05) is 7.11 Å². The normalized spacial score (nSPS) is 29.5. The number of ketones is 1. The lowest BCUT2D eigenvalue weighted by atomic mass is 9.83. The number of fused-ring (bicyclic) bond motifs is 2. The summed E-state index contributed by atoms with van der Waals surface area (Å²) < 4.78 is 5.13. The molecule has 1 aromatic rings. The van der Waals surface area contributed by atoms with Crippen LogP contribution in [0.25, 0.3) is 0 Å². The van der Waals surface area contributed by atoms with Crippen LogP contribution in [-0.4, -0.2) is 12.9 Å². The fourth-order valence-corrected chi connectivity index (χ4v) is 3.71. The molecule has 0 heterocycles. The van der Waals surface area contributed by atoms with Gasteiger partial charge in [0.1, 0.15) is 11.5 Å². The van der Waals surface area contributed by atoms with Crippen molar-refractivity contribution in [3.8, 4) is 5.75 Å². The predicted molar refractivity (Wildman–Crippen MR) is 70.6 cm³/mol. The Labute approximate surface area is 108 Å². The third kappa shape index (κ3) is 2.16. The monoisotopic (exact) mass is 244 g/mol. The molecular formula is C16H20O2. The van der Waals surface area contributed by atoms with Crippen molar-refractivity contribution >= 4 is 5.78 Å². The lowest BCUT2D eigenvalue weighted by Gasteiger charge is -2.20. The summed E-state index contributed by atoms with van der Waals surface area (Å²) in [6, 6.07) is 7.88. The van der Waals surface area contributed by atoms with Crippen molar-refractivity contribution < 1.29 is 9.53 Å². The van der Waals surface area contributed by atoms with Crippen molar-refractivity contribution in [1.82, 2.24) is 0 Å². The number of ether oxygens (including phenoxy) is 1. The molecule has 2 heteroatoms. The summed E-state index contributed by atoms with van der Waals surface area (Å²) in [4.78, 5) is 12.3. The van der Waals surface area contributed by atoms with Gasteiger partial charge in [0, 0.05) is 12.3 Å². The molecule has 3 unspecified atom stereocenters. The van der Waals surface area contributed by atoms with Gasteiger partial charge in [-0.1, -0.05) is 18.6 Å². The molecule has 3 atom stereocenters. The Hall–Kier alpha value is -1.31. The predicted octanol–water partition coefficient (Wildman–Crippen LogP) is 3.24. The molecule has 2 saturated carbocycles. The number of hydrogen-bond donors (Lipinski definition) is 0. The largest absolute Gasteiger partial charge is 0.497 e. The first-order chi connectivity index (χ1) is 8.76. The van der Waals surface area contributed by atoms with Gasteiger partial charge in [0.2, 0.25) is 0 Å². The summed E-state index contributed by atoms with van der Waals surface area (Å²) in [5.74, 6) is 3.20. The van der Waals surface area contributed by atoms with Crippen molar-refractivity contribution in [3.05, 3.63) is 29.8 Å². The second kappa shape index (κ2) is 4.75. The van der Waals surface area contributed by atoms with E-state index >= 15 is 0 Å². The van der Waals surface area contributed by atoms with E-state index in [2.05, 4.69) is 0 Å². The summed E-state index contributed by atoms with van der Waals surface area (Å²) in [5, 5.41) is 0. The van der Waals surface area contributed by atoms with Gasteiger partial charge < -0.3 is 4.74 Å². The summed E-state index contributed by atoms with van der Waals surface area (Å²) in [5.41, 5.74) is 1.11. The highest BCUT2D eigenvalue weighted by Crippen LogP contribution is 2.48. The number of benzene rings is 1. The van der Waals surface area contributed by atoms with Gasteiger partial charge in [-0.15, -0.1) is 0 Å². The van der Waals surface area contributed by atoms with Gasteiger partial charge in [-0.05, 0) is 48.8 Å². The highest BCUT2D eigenvalue weighted by atomic mass is 16.5. The smallest absolute Gasteiger partial charge is 0.140 e. The van der Waals surface area contributed by atoms with E-state index in [0.717, 1.165) is 23.7 Å². The molecule has 1 aromatic carbocycles. The summed E-state index contributed by atoms with van der Waals surface area (Å²) >= 11 is 0. The Morgan fingerprint density at radius 2 is 2.00 bits per heavy atom. The maximum absolute atomic E-state index is 12.3. The molecule has 3 rings (SSSR count). The molecule has 18 heavy (non-hydrogen) atoms. The average Bonchev–Trinajstić information content (AvgIpc) is 3.02. The standard InChI is InChI=1S/C16H20O2/c1-18-14-6-3-11(4-7-14)10-16(17)15-9-12-2-5-13(15)8-12/h3-4,6-7,12-13,15H,2,5,8-10H2,1H3. The van der Waals surface area contributed by atoms with Gasteiger partial charge in [-0.2, -0.15) is 0 Å². The summed E-state index contributed by atoms with van der Waals surface area (Å²) in [7, 11) is 1.66. The van der Waals surface area contributed by atoms with Crippen LogP contribution < -0.4 is 4.74 Å².